The van der Waals surface area contributed by atoms with Crippen LogP contribution in [0, 0.1) is 11.8 Å². The second-order valence-corrected chi connectivity index (χ2v) is 6.64. The summed E-state index contributed by atoms with van der Waals surface area (Å²) in [5.74, 6) is 5.50. The molecule has 4 nitrogen and oxygen atoms in total. The molecule has 0 radical (unpaired) electrons. The summed E-state index contributed by atoms with van der Waals surface area (Å²) < 4.78 is 25.9. The van der Waals surface area contributed by atoms with E-state index in [-0.39, 0.29) is 22.5 Å². The van der Waals surface area contributed by atoms with E-state index in [0.717, 1.165) is 0 Å². The molecule has 0 heterocycles. The summed E-state index contributed by atoms with van der Waals surface area (Å²) >= 11 is 6.04. The normalized spacial score (nSPS) is 11.5. The predicted molar refractivity (Wildman–Crippen MR) is 77.5 cm³/mol. The summed E-state index contributed by atoms with van der Waals surface area (Å²) in [4.78, 5) is 0.0867. The fraction of sp³-hybridized carbons (Fsp3) is 0.385. The number of nitrogens with zero attached hydrogens (tertiary/aromatic N) is 1. The van der Waals surface area contributed by atoms with Crippen molar-refractivity contribution in [1.82, 2.24) is 4.31 Å². The van der Waals surface area contributed by atoms with Crippen molar-refractivity contribution in [3.05, 3.63) is 28.8 Å². The standard InChI is InChI=1S/C13H17ClN2O2S/c1-10(2)16(3)19(17,18)13-7-6-11(5-4-8-15)9-12(13)14/h6-7,9-10H,8,15H2,1-3H3. The highest BCUT2D eigenvalue weighted by atomic mass is 35.5. The van der Waals surface area contributed by atoms with Crippen LogP contribution in [0.3, 0.4) is 0 Å². The number of nitrogens with two attached hydrogens (primary N) is 1. The first-order chi connectivity index (χ1) is 8.80. The molecule has 1 aromatic carbocycles. The Morgan fingerprint density at radius 2 is 2.05 bits per heavy atom. The maximum Gasteiger partial charge on any atom is 0.244 e. The summed E-state index contributed by atoms with van der Waals surface area (Å²) in [6.45, 7) is 3.84. The van der Waals surface area contributed by atoms with Gasteiger partial charge >= 0.3 is 0 Å². The Labute approximate surface area is 119 Å². The number of benzene rings is 1. The molecule has 2 N–H and O–H groups in total. The van der Waals surface area contributed by atoms with Gasteiger partial charge in [0.2, 0.25) is 10.0 Å². The maximum absolute atomic E-state index is 12.3. The molecule has 19 heavy (non-hydrogen) atoms. The molecule has 0 spiro atoms. The van der Waals surface area contributed by atoms with Crippen molar-refractivity contribution >= 4 is 21.6 Å². The summed E-state index contributed by atoms with van der Waals surface area (Å²) in [6.07, 6.45) is 0. The van der Waals surface area contributed by atoms with Crippen LogP contribution in [0.1, 0.15) is 19.4 Å². The molecule has 0 atom stereocenters. The minimum absolute atomic E-state index is 0.0867. The molecule has 0 saturated carbocycles. The minimum atomic E-state index is -3.58. The van der Waals surface area contributed by atoms with E-state index >= 15 is 0 Å². The molecular formula is C13H17ClN2O2S. The third kappa shape index (κ3) is 3.71. The summed E-state index contributed by atoms with van der Waals surface area (Å²) in [5, 5.41) is 0.163. The van der Waals surface area contributed by atoms with Gasteiger partial charge < -0.3 is 5.73 Å². The first-order valence-electron chi connectivity index (χ1n) is 5.77. The highest BCUT2D eigenvalue weighted by Crippen LogP contribution is 2.25. The van der Waals surface area contributed by atoms with Gasteiger partial charge in [-0.05, 0) is 32.0 Å². The number of halogens is 1. The van der Waals surface area contributed by atoms with Crippen molar-refractivity contribution in [2.24, 2.45) is 5.73 Å². The van der Waals surface area contributed by atoms with E-state index in [1.165, 1.54) is 23.5 Å². The van der Waals surface area contributed by atoms with Gasteiger partial charge in [-0.3, -0.25) is 0 Å². The lowest BCUT2D eigenvalue weighted by molar-refractivity contribution is 0.410. The Morgan fingerprint density at radius 3 is 2.53 bits per heavy atom. The van der Waals surface area contributed by atoms with Gasteiger partial charge in [0.15, 0.2) is 0 Å². The van der Waals surface area contributed by atoms with Gasteiger partial charge in [-0.1, -0.05) is 23.4 Å². The zero-order valence-electron chi connectivity index (χ0n) is 11.1. The number of sulfonamides is 1. The van der Waals surface area contributed by atoms with Crippen LogP contribution in [0.2, 0.25) is 5.02 Å². The van der Waals surface area contributed by atoms with Crippen molar-refractivity contribution in [2.75, 3.05) is 13.6 Å². The molecule has 0 fully saturated rings. The highest BCUT2D eigenvalue weighted by molar-refractivity contribution is 7.89. The summed E-state index contributed by atoms with van der Waals surface area (Å²) in [7, 11) is -2.05. The van der Waals surface area contributed by atoms with Crippen LogP contribution in [0.4, 0.5) is 0 Å². The van der Waals surface area contributed by atoms with Crippen molar-refractivity contribution < 1.29 is 8.42 Å². The van der Waals surface area contributed by atoms with Crippen molar-refractivity contribution in [1.29, 1.82) is 0 Å². The van der Waals surface area contributed by atoms with Crippen LogP contribution in [0.15, 0.2) is 23.1 Å². The molecule has 0 unspecified atom stereocenters. The van der Waals surface area contributed by atoms with E-state index in [2.05, 4.69) is 11.8 Å². The van der Waals surface area contributed by atoms with E-state index in [1.54, 1.807) is 19.9 Å². The Balaban J connectivity index is 3.23. The van der Waals surface area contributed by atoms with Gasteiger partial charge in [-0.2, -0.15) is 4.31 Å². The zero-order chi connectivity index (χ0) is 14.6. The van der Waals surface area contributed by atoms with Crippen molar-refractivity contribution in [2.45, 2.75) is 24.8 Å². The second kappa shape index (κ2) is 6.40. The molecule has 6 heteroatoms. The smallest absolute Gasteiger partial charge is 0.244 e. The van der Waals surface area contributed by atoms with Crippen molar-refractivity contribution in [3.63, 3.8) is 0 Å². The largest absolute Gasteiger partial charge is 0.320 e. The second-order valence-electron chi connectivity index (χ2n) is 4.27. The van der Waals surface area contributed by atoms with Crippen LogP contribution in [-0.4, -0.2) is 32.4 Å². The lowest BCUT2D eigenvalue weighted by Crippen LogP contribution is -2.33. The predicted octanol–water partition coefficient (Wildman–Crippen LogP) is 1.68. The van der Waals surface area contributed by atoms with E-state index in [9.17, 15) is 8.42 Å². The molecule has 104 valence electrons. The van der Waals surface area contributed by atoms with E-state index < -0.39 is 10.0 Å². The lowest BCUT2D eigenvalue weighted by atomic mass is 10.2. The van der Waals surface area contributed by atoms with Gasteiger partial charge in [0.1, 0.15) is 4.90 Å². The van der Waals surface area contributed by atoms with Gasteiger partial charge in [-0.15, -0.1) is 0 Å². The van der Waals surface area contributed by atoms with E-state index in [0.29, 0.717) is 5.56 Å². The third-order valence-electron chi connectivity index (χ3n) is 2.65. The van der Waals surface area contributed by atoms with Gasteiger partial charge in [0, 0.05) is 18.7 Å². The van der Waals surface area contributed by atoms with Crippen LogP contribution in [0.5, 0.6) is 0 Å². The van der Waals surface area contributed by atoms with Gasteiger partial charge in [0.05, 0.1) is 11.6 Å². The molecule has 0 amide bonds. The minimum Gasteiger partial charge on any atom is -0.320 e. The summed E-state index contributed by atoms with van der Waals surface area (Å²) in [6, 6.07) is 4.48. The van der Waals surface area contributed by atoms with E-state index in [4.69, 9.17) is 17.3 Å². The molecule has 0 aliphatic rings. The average Bonchev–Trinajstić information content (AvgIpc) is 2.34. The van der Waals surface area contributed by atoms with Gasteiger partial charge in [0.25, 0.3) is 0 Å². The Kier molecular flexibility index (Phi) is 5.39. The molecule has 0 saturated heterocycles. The molecule has 1 rings (SSSR count). The number of hydrogen-bond acceptors (Lipinski definition) is 3. The maximum atomic E-state index is 12.3. The SMILES string of the molecule is CC(C)N(C)S(=O)(=O)c1ccc(C#CCN)cc1Cl. The Hall–Kier alpha value is -1.06. The first kappa shape index (κ1) is 16.0. The summed E-state index contributed by atoms with van der Waals surface area (Å²) in [5.41, 5.74) is 5.92. The molecule has 1 aromatic rings. The molecule has 0 bridgehead atoms. The van der Waals surface area contributed by atoms with Crippen LogP contribution in [0.25, 0.3) is 0 Å². The quantitative estimate of drug-likeness (QED) is 0.864. The van der Waals surface area contributed by atoms with E-state index in [1.807, 2.05) is 0 Å². The fourth-order valence-corrected chi connectivity index (χ4v) is 3.26. The monoisotopic (exact) mass is 300 g/mol. The third-order valence-corrected chi connectivity index (χ3v) is 5.17. The lowest BCUT2D eigenvalue weighted by Gasteiger charge is -2.21. The fourth-order valence-electron chi connectivity index (χ4n) is 1.37. The topological polar surface area (TPSA) is 63.4 Å². The first-order valence-corrected chi connectivity index (χ1v) is 7.59. The van der Waals surface area contributed by atoms with Crippen LogP contribution in [-0.2, 0) is 10.0 Å². The Bertz CT molecular complexity index is 615. The number of hydrogen-bond donors (Lipinski definition) is 1. The molecular weight excluding hydrogens is 284 g/mol. The average molecular weight is 301 g/mol. The molecule has 0 aromatic heterocycles. The number of rotatable bonds is 3. The zero-order valence-corrected chi connectivity index (χ0v) is 12.7. The van der Waals surface area contributed by atoms with Crippen LogP contribution >= 0.6 is 11.6 Å². The molecule has 0 aliphatic carbocycles. The van der Waals surface area contributed by atoms with Gasteiger partial charge in [-0.25, -0.2) is 8.42 Å². The van der Waals surface area contributed by atoms with Crippen molar-refractivity contribution in [3.8, 4) is 11.8 Å². The highest BCUT2D eigenvalue weighted by Gasteiger charge is 2.25. The Morgan fingerprint density at radius 1 is 1.42 bits per heavy atom. The molecule has 0 aliphatic heterocycles. The van der Waals surface area contributed by atoms with Crippen LogP contribution < -0.4 is 5.73 Å².